The zero-order valence-electron chi connectivity index (χ0n) is 9.65. The van der Waals surface area contributed by atoms with Gasteiger partial charge in [0, 0.05) is 31.3 Å². The molecule has 2 N–H and O–H groups in total. The topological polar surface area (TPSA) is 45.1 Å². The van der Waals surface area contributed by atoms with Crippen LogP contribution in [0, 0.1) is 5.41 Å². The summed E-state index contributed by atoms with van der Waals surface area (Å²) < 4.78 is 1.24. The fraction of sp³-hybridized carbons (Fsp3) is 0.462. The van der Waals surface area contributed by atoms with Crippen molar-refractivity contribution in [1.29, 1.82) is 0 Å². The second-order valence-corrected chi connectivity index (χ2v) is 5.86. The number of aliphatic hydroxyl groups is 1. The Hall–Kier alpha value is -0.970. The number of hydrogen-bond acceptors (Lipinski definition) is 4. The van der Waals surface area contributed by atoms with Gasteiger partial charge in [-0.25, -0.2) is 0 Å². The van der Waals surface area contributed by atoms with E-state index in [4.69, 9.17) is 0 Å². The molecular formula is C13H16N2OS. The van der Waals surface area contributed by atoms with Gasteiger partial charge >= 0.3 is 0 Å². The predicted octanol–water partition coefficient (Wildman–Crippen LogP) is 2.16. The van der Waals surface area contributed by atoms with Crippen LogP contribution in [0.2, 0.25) is 0 Å². The van der Waals surface area contributed by atoms with Crippen LogP contribution in [-0.4, -0.2) is 23.2 Å². The van der Waals surface area contributed by atoms with Gasteiger partial charge in [0.25, 0.3) is 0 Å². The molecule has 0 aromatic carbocycles. The van der Waals surface area contributed by atoms with Crippen molar-refractivity contribution < 1.29 is 5.11 Å². The highest BCUT2D eigenvalue weighted by atomic mass is 32.1. The Morgan fingerprint density at radius 1 is 1.47 bits per heavy atom. The van der Waals surface area contributed by atoms with Gasteiger partial charge in [0.2, 0.25) is 0 Å². The van der Waals surface area contributed by atoms with E-state index in [2.05, 4.69) is 21.7 Å². The highest BCUT2D eigenvalue weighted by Crippen LogP contribution is 2.44. The Balaban J connectivity index is 1.60. The monoisotopic (exact) mass is 248 g/mol. The summed E-state index contributed by atoms with van der Waals surface area (Å²) in [6, 6.07) is 4.24. The summed E-state index contributed by atoms with van der Waals surface area (Å²) in [5.74, 6) is 0. The summed E-state index contributed by atoms with van der Waals surface area (Å²) in [6.07, 6.45) is 4.23. The highest BCUT2D eigenvalue weighted by molar-refractivity contribution is 7.17. The minimum Gasteiger partial charge on any atom is -0.396 e. The zero-order chi connectivity index (χ0) is 11.7. The normalized spacial score (nSPS) is 17.5. The molecular weight excluding hydrogens is 232 g/mol. The molecule has 2 aromatic heterocycles. The Bertz CT molecular complexity index is 519. The molecule has 4 heteroatoms. The Labute approximate surface area is 105 Å². The average molecular weight is 248 g/mol. The van der Waals surface area contributed by atoms with Crippen LogP contribution in [-0.2, 0) is 6.54 Å². The lowest BCUT2D eigenvalue weighted by atomic mass is 10.1. The molecule has 1 saturated carbocycles. The zero-order valence-corrected chi connectivity index (χ0v) is 10.5. The number of nitrogens with one attached hydrogen (secondary N) is 1. The molecule has 0 atom stereocenters. The van der Waals surface area contributed by atoms with Crippen molar-refractivity contribution in [3.63, 3.8) is 0 Å². The molecule has 0 spiro atoms. The standard InChI is InChI=1S/C13H16N2OS/c16-9-13(2-3-13)8-14-6-10-5-12-11(15-7-10)1-4-17-12/h1,4-5,7,14,16H,2-3,6,8-9H2. The number of fused-ring (bicyclic) bond motifs is 1. The molecule has 90 valence electrons. The van der Waals surface area contributed by atoms with Crippen LogP contribution in [0.3, 0.4) is 0 Å². The molecule has 1 aliphatic rings. The molecule has 17 heavy (non-hydrogen) atoms. The molecule has 0 amide bonds. The minimum absolute atomic E-state index is 0.181. The molecule has 1 fully saturated rings. The molecule has 2 heterocycles. The van der Waals surface area contributed by atoms with E-state index >= 15 is 0 Å². The van der Waals surface area contributed by atoms with Crippen LogP contribution in [0.1, 0.15) is 18.4 Å². The number of hydrogen-bond donors (Lipinski definition) is 2. The first kappa shape index (κ1) is 11.1. The van der Waals surface area contributed by atoms with Gasteiger partial charge < -0.3 is 10.4 Å². The van der Waals surface area contributed by atoms with E-state index in [9.17, 15) is 5.11 Å². The van der Waals surface area contributed by atoms with Gasteiger partial charge in [0.1, 0.15) is 0 Å². The molecule has 2 aromatic rings. The van der Waals surface area contributed by atoms with Crippen molar-refractivity contribution in [2.75, 3.05) is 13.2 Å². The van der Waals surface area contributed by atoms with Crippen molar-refractivity contribution in [3.8, 4) is 0 Å². The quantitative estimate of drug-likeness (QED) is 0.852. The van der Waals surface area contributed by atoms with Gasteiger partial charge in [0.15, 0.2) is 0 Å². The second-order valence-electron chi connectivity index (χ2n) is 4.91. The molecule has 0 aliphatic heterocycles. The van der Waals surface area contributed by atoms with Crippen molar-refractivity contribution >= 4 is 21.6 Å². The fourth-order valence-electron chi connectivity index (χ4n) is 2.02. The number of pyridine rings is 1. The molecule has 0 bridgehead atoms. The van der Waals surface area contributed by atoms with Crippen molar-refractivity contribution in [2.24, 2.45) is 5.41 Å². The smallest absolute Gasteiger partial charge is 0.0809 e. The lowest BCUT2D eigenvalue weighted by Gasteiger charge is -2.12. The van der Waals surface area contributed by atoms with Crippen LogP contribution >= 0.6 is 11.3 Å². The summed E-state index contributed by atoms with van der Waals surface area (Å²) in [5, 5.41) is 14.7. The van der Waals surface area contributed by atoms with E-state index in [1.165, 1.54) is 10.3 Å². The van der Waals surface area contributed by atoms with E-state index in [1.807, 2.05) is 12.3 Å². The predicted molar refractivity (Wildman–Crippen MR) is 70.1 cm³/mol. The molecule has 3 rings (SSSR count). The van der Waals surface area contributed by atoms with Gasteiger partial charge in [-0.15, -0.1) is 11.3 Å². The third kappa shape index (κ3) is 2.34. The third-order valence-corrected chi connectivity index (χ3v) is 4.33. The lowest BCUT2D eigenvalue weighted by molar-refractivity contribution is 0.207. The minimum atomic E-state index is 0.181. The van der Waals surface area contributed by atoms with Crippen molar-refractivity contribution in [2.45, 2.75) is 19.4 Å². The second kappa shape index (κ2) is 4.37. The largest absolute Gasteiger partial charge is 0.396 e. The maximum absolute atomic E-state index is 9.22. The van der Waals surface area contributed by atoms with Gasteiger partial charge in [-0.2, -0.15) is 0 Å². The number of aromatic nitrogens is 1. The SMILES string of the molecule is OCC1(CNCc2cnc3ccsc3c2)CC1. The summed E-state index contributed by atoms with van der Waals surface area (Å²) in [6.45, 7) is 2.05. The molecule has 3 nitrogen and oxygen atoms in total. The van der Waals surface area contributed by atoms with E-state index < -0.39 is 0 Å². The maximum atomic E-state index is 9.22. The number of thiophene rings is 1. The van der Waals surface area contributed by atoms with Gasteiger partial charge in [-0.1, -0.05) is 0 Å². The summed E-state index contributed by atoms with van der Waals surface area (Å²) in [7, 11) is 0. The van der Waals surface area contributed by atoms with Crippen LogP contribution in [0.15, 0.2) is 23.7 Å². The maximum Gasteiger partial charge on any atom is 0.0809 e. The third-order valence-electron chi connectivity index (χ3n) is 3.48. The van der Waals surface area contributed by atoms with E-state index in [-0.39, 0.29) is 5.41 Å². The molecule has 0 unspecified atom stereocenters. The number of nitrogens with zero attached hydrogens (tertiary/aromatic N) is 1. The van der Waals surface area contributed by atoms with E-state index in [1.54, 1.807) is 11.3 Å². The van der Waals surface area contributed by atoms with Crippen LogP contribution in [0.4, 0.5) is 0 Å². The first-order valence-electron chi connectivity index (χ1n) is 5.95. The van der Waals surface area contributed by atoms with Crippen LogP contribution in [0.25, 0.3) is 10.2 Å². The summed E-state index contributed by atoms with van der Waals surface area (Å²) >= 11 is 1.73. The van der Waals surface area contributed by atoms with E-state index in [0.29, 0.717) is 6.61 Å². The average Bonchev–Trinajstić information content (AvgIpc) is 2.98. The van der Waals surface area contributed by atoms with Crippen LogP contribution in [0.5, 0.6) is 0 Å². The number of rotatable bonds is 5. The molecule has 0 saturated heterocycles. The van der Waals surface area contributed by atoms with Gasteiger partial charge in [-0.05, 0) is 35.9 Å². The lowest BCUT2D eigenvalue weighted by Crippen LogP contribution is -2.26. The first-order valence-corrected chi connectivity index (χ1v) is 6.83. The van der Waals surface area contributed by atoms with E-state index in [0.717, 1.165) is 31.4 Å². The molecule has 0 radical (unpaired) electrons. The summed E-state index contributed by atoms with van der Waals surface area (Å²) in [5.41, 5.74) is 2.47. The summed E-state index contributed by atoms with van der Waals surface area (Å²) in [4.78, 5) is 4.41. The first-order chi connectivity index (χ1) is 8.31. The Morgan fingerprint density at radius 3 is 3.12 bits per heavy atom. The molecule has 1 aliphatic carbocycles. The van der Waals surface area contributed by atoms with Gasteiger partial charge in [0.05, 0.1) is 10.2 Å². The Morgan fingerprint density at radius 2 is 2.35 bits per heavy atom. The van der Waals surface area contributed by atoms with Crippen molar-refractivity contribution in [3.05, 3.63) is 29.3 Å². The number of aliphatic hydroxyl groups excluding tert-OH is 1. The Kier molecular flexibility index (Phi) is 2.86. The highest BCUT2D eigenvalue weighted by Gasteiger charge is 2.41. The fourth-order valence-corrected chi connectivity index (χ4v) is 2.83. The van der Waals surface area contributed by atoms with Gasteiger partial charge in [-0.3, -0.25) is 4.98 Å². The van der Waals surface area contributed by atoms with Crippen LogP contribution < -0.4 is 5.32 Å². The van der Waals surface area contributed by atoms with Crippen molar-refractivity contribution in [1.82, 2.24) is 10.3 Å².